The molecule has 1 N–H and O–H groups in total. The van der Waals surface area contributed by atoms with Crippen LogP contribution in [-0.2, 0) is 13.0 Å². The van der Waals surface area contributed by atoms with Crippen molar-refractivity contribution in [3.63, 3.8) is 0 Å². The number of aromatic nitrogens is 2. The number of pyridine rings is 1. The third-order valence-electron chi connectivity index (χ3n) is 3.40. The summed E-state index contributed by atoms with van der Waals surface area (Å²) < 4.78 is 1.94. The van der Waals surface area contributed by atoms with Gasteiger partial charge in [0.25, 0.3) is 0 Å². The summed E-state index contributed by atoms with van der Waals surface area (Å²) in [6, 6.07) is 11.7. The quantitative estimate of drug-likeness (QED) is 0.801. The van der Waals surface area contributed by atoms with Crippen LogP contribution in [0.15, 0.2) is 42.6 Å². The summed E-state index contributed by atoms with van der Waals surface area (Å²) in [6.45, 7) is 2.01. The molecule has 0 aliphatic carbocycles. The molecule has 0 unspecified atom stereocenters. The maximum atomic E-state index is 9.61. The van der Waals surface area contributed by atoms with E-state index in [9.17, 15) is 5.11 Å². The highest BCUT2D eigenvalue weighted by atomic mass is 35.5. The number of aliphatic hydroxyl groups excluding tert-OH is 1. The molecule has 0 bridgehead atoms. The zero-order chi connectivity index (χ0) is 14.1. The van der Waals surface area contributed by atoms with Gasteiger partial charge in [0.15, 0.2) is 0 Å². The second kappa shape index (κ2) is 5.27. The third kappa shape index (κ3) is 2.42. The lowest BCUT2D eigenvalue weighted by Gasteiger charge is -2.02. The van der Waals surface area contributed by atoms with E-state index in [0.717, 1.165) is 33.2 Å². The van der Waals surface area contributed by atoms with Crippen molar-refractivity contribution in [1.29, 1.82) is 0 Å². The highest BCUT2D eigenvalue weighted by Gasteiger charge is 2.11. The highest BCUT2D eigenvalue weighted by molar-refractivity contribution is 6.30. The summed E-state index contributed by atoms with van der Waals surface area (Å²) in [5, 5.41) is 10.3. The average molecular weight is 287 g/mol. The first kappa shape index (κ1) is 13.2. The van der Waals surface area contributed by atoms with Crippen molar-refractivity contribution in [2.45, 2.75) is 20.0 Å². The van der Waals surface area contributed by atoms with Gasteiger partial charge >= 0.3 is 0 Å². The summed E-state index contributed by atoms with van der Waals surface area (Å²) in [6.07, 6.45) is 2.64. The molecule has 0 spiro atoms. The lowest BCUT2D eigenvalue weighted by atomic mass is 10.1. The molecule has 102 valence electrons. The van der Waals surface area contributed by atoms with Gasteiger partial charge in [-0.25, -0.2) is 4.98 Å². The Balaban J connectivity index is 2.04. The molecular weight excluding hydrogens is 272 g/mol. The van der Waals surface area contributed by atoms with Gasteiger partial charge in [0.05, 0.1) is 18.0 Å². The minimum absolute atomic E-state index is 0.0207. The van der Waals surface area contributed by atoms with Crippen molar-refractivity contribution in [3.05, 3.63) is 70.1 Å². The van der Waals surface area contributed by atoms with Crippen LogP contribution < -0.4 is 0 Å². The second-order valence-electron chi connectivity index (χ2n) is 4.90. The van der Waals surface area contributed by atoms with Gasteiger partial charge in [0, 0.05) is 17.6 Å². The average Bonchev–Trinajstić information content (AvgIpc) is 2.77. The Hall–Kier alpha value is -1.84. The molecule has 3 nitrogen and oxygen atoms in total. The van der Waals surface area contributed by atoms with Crippen molar-refractivity contribution in [3.8, 4) is 0 Å². The Morgan fingerprint density at radius 2 is 1.95 bits per heavy atom. The fourth-order valence-corrected chi connectivity index (χ4v) is 2.48. The van der Waals surface area contributed by atoms with Crippen molar-refractivity contribution in [2.75, 3.05) is 0 Å². The first-order chi connectivity index (χ1) is 9.67. The Morgan fingerprint density at radius 3 is 2.65 bits per heavy atom. The topological polar surface area (TPSA) is 37.5 Å². The van der Waals surface area contributed by atoms with Gasteiger partial charge in [-0.05, 0) is 42.3 Å². The van der Waals surface area contributed by atoms with Crippen molar-refractivity contribution in [1.82, 2.24) is 9.38 Å². The van der Waals surface area contributed by atoms with Crippen LogP contribution in [0.2, 0.25) is 5.02 Å². The third-order valence-corrected chi connectivity index (χ3v) is 3.65. The molecule has 0 radical (unpaired) electrons. The lowest BCUT2D eigenvalue weighted by molar-refractivity contribution is 0.274. The summed E-state index contributed by atoms with van der Waals surface area (Å²) in [7, 11) is 0. The van der Waals surface area contributed by atoms with Gasteiger partial charge in [-0.2, -0.15) is 0 Å². The monoisotopic (exact) mass is 286 g/mol. The first-order valence-electron chi connectivity index (χ1n) is 6.49. The fourth-order valence-electron chi connectivity index (χ4n) is 2.35. The Kier molecular flexibility index (Phi) is 3.47. The van der Waals surface area contributed by atoms with Gasteiger partial charge < -0.3 is 9.51 Å². The molecule has 0 aliphatic heterocycles. The van der Waals surface area contributed by atoms with Gasteiger partial charge in [-0.1, -0.05) is 23.7 Å². The Morgan fingerprint density at radius 1 is 1.20 bits per heavy atom. The van der Waals surface area contributed by atoms with Crippen LogP contribution >= 0.6 is 11.6 Å². The van der Waals surface area contributed by atoms with Crippen molar-refractivity contribution < 1.29 is 5.11 Å². The Bertz CT molecular complexity index is 747. The van der Waals surface area contributed by atoms with Crippen molar-refractivity contribution in [2.24, 2.45) is 0 Å². The van der Waals surface area contributed by atoms with E-state index in [1.807, 2.05) is 53.9 Å². The van der Waals surface area contributed by atoms with E-state index in [1.165, 1.54) is 0 Å². The molecule has 0 atom stereocenters. The molecule has 1 aromatic carbocycles. The number of nitrogens with zero attached hydrogens (tertiary/aromatic N) is 2. The molecular formula is C16H15ClN2O. The molecule has 0 fully saturated rings. The van der Waals surface area contributed by atoms with E-state index < -0.39 is 0 Å². The molecule has 2 heterocycles. The van der Waals surface area contributed by atoms with Crippen LogP contribution in [0.4, 0.5) is 0 Å². The van der Waals surface area contributed by atoms with Crippen LogP contribution in [0.25, 0.3) is 5.65 Å². The van der Waals surface area contributed by atoms with E-state index in [4.69, 9.17) is 11.6 Å². The zero-order valence-corrected chi connectivity index (χ0v) is 11.9. The molecule has 0 saturated carbocycles. The number of rotatable bonds is 3. The summed E-state index contributed by atoms with van der Waals surface area (Å²) in [5.74, 6) is 0. The number of benzene rings is 1. The van der Waals surface area contributed by atoms with Crippen LogP contribution in [0, 0.1) is 6.92 Å². The van der Waals surface area contributed by atoms with Crippen LogP contribution in [0.3, 0.4) is 0 Å². The molecule has 3 aromatic rings. The number of hydrogen-bond acceptors (Lipinski definition) is 2. The minimum atomic E-state index is -0.0207. The predicted molar refractivity (Wildman–Crippen MR) is 80.1 cm³/mol. The molecule has 4 heteroatoms. The van der Waals surface area contributed by atoms with Crippen molar-refractivity contribution >= 4 is 17.2 Å². The molecule has 0 saturated heterocycles. The number of hydrogen-bond donors (Lipinski definition) is 1. The highest BCUT2D eigenvalue weighted by Crippen LogP contribution is 2.19. The first-order valence-corrected chi connectivity index (χ1v) is 6.87. The molecule has 20 heavy (non-hydrogen) atoms. The number of aliphatic hydroxyl groups is 1. The smallest absolute Gasteiger partial charge is 0.137 e. The normalized spacial score (nSPS) is 11.2. The Labute approximate surface area is 122 Å². The standard InChI is InChI=1S/C16H15ClN2O/c1-11-6-7-19-15(10-20)14(18-16(19)8-11)9-12-2-4-13(17)5-3-12/h2-8,20H,9-10H2,1H3. The molecule has 0 amide bonds. The molecule has 3 rings (SSSR count). The van der Waals surface area contributed by atoms with E-state index in [2.05, 4.69) is 4.98 Å². The fraction of sp³-hybridized carbons (Fsp3) is 0.188. The number of halogens is 1. The zero-order valence-electron chi connectivity index (χ0n) is 11.2. The number of aryl methyl sites for hydroxylation is 1. The van der Waals surface area contributed by atoms with Gasteiger partial charge in [-0.3, -0.25) is 0 Å². The maximum Gasteiger partial charge on any atom is 0.137 e. The van der Waals surface area contributed by atoms with Gasteiger partial charge in [0.1, 0.15) is 5.65 Å². The maximum absolute atomic E-state index is 9.61. The summed E-state index contributed by atoms with van der Waals surface area (Å²) >= 11 is 5.90. The predicted octanol–water partition coefficient (Wildman–Crippen LogP) is 3.38. The summed E-state index contributed by atoms with van der Waals surface area (Å²) in [5.41, 5.74) is 4.91. The number of imidazole rings is 1. The van der Waals surface area contributed by atoms with E-state index in [-0.39, 0.29) is 6.61 Å². The van der Waals surface area contributed by atoms with Gasteiger partial charge in [-0.15, -0.1) is 0 Å². The summed E-state index contributed by atoms with van der Waals surface area (Å²) in [4.78, 5) is 4.63. The van der Waals surface area contributed by atoms with Gasteiger partial charge in [0.2, 0.25) is 0 Å². The lowest BCUT2D eigenvalue weighted by Crippen LogP contribution is -1.97. The van der Waals surface area contributed by atoms with E-state index >= 15 is 0 Å². The van der Waals surface area contributed by atoms with E-state index in [1.54, 1.807) is 0 Å². The SMILES string of the molecule is Cc1ccn2c(CO)c(Cc3ccc(Cl)cc3)nc2c1. The number of fused-ring (bicyclic) bond motifs is 1. The minimum Gasteiger partial charge on any atom is -0.390 e. The van der Waals surface area contributed by atoms with Crippen LogP contribution in [0.5, 0.6) is 0 Å². The van der Waals surface area contributed by atoms with Crippen LogP contribution in [0.1, 0.15) is 22.5 Å². The van der Waals surface area contributed by atoms with Crippen LogP contribution in [-0.4, -0.2) is 14.5 Å². The molecule has 2 aromatic heterocycles. The van der Waals surface area contributed by atoms with E-state index in [0.29, 0.717) is 6.42 Å². The molecule has 0 aliphatic rings. The largest absolute Gasteiger partial charge is 0.390 e. The second-order valence-corrected chi connectivity index (χ2v) is 5.34.